The van der Waals surface area contributed by atoms with Gasteiger partial charge in [0.15, 0.2) is 0 Å². The fourth-order valence-corrected chi connectivity index (χ4v) is 1.79. The second kappa shape index (κ2) is 10.1. The molecule has 88 valence electrons. The SMILES string of the molecule is C#CC(CCC)NCC(CC)CCCC. The zero-order valence-corrected chi connectivity index (χ0v) is 10.7. The Morgan fingerprint density at radius 2 is 1.87 bits per heavy atom. The molecule has 0 aromatic carbocycles. The van der Waals surface area contributed by atoms with Crippen LogP contribution in [-0.4, -0.2) is 12.6 Å². The molecule has 0 aliphatic carbocycles. The van der Waals surface area contributed by atoms with Crippen molar-refractivity contribution in [2.24, 2.45) is 5.92 Å². The van der Waals surface area contributed by atoms with Crippen molar-refractivity contribution >= 4 is 0 Å². The molecule has 2 unspecified atom stereocenters. The summed E-state index contributed by atoms with van der Waals surface area (Å²) >= 11 is 0. The summed E-state index contributed by atoms with van der Waals surface area (Å²) < 4.78 is 0. The van der Waals surface area contributed by atoms with Crippen LogP contribution in [0.4, 0.5) is 0 Å². The summed E-state index contributed by atoms with van der Waals surface area (Å²) in [5, 5.41) is 3.49. The molecule has 2 atom stereocenters. The number of hydrogen-bond donors (Lipinski definition) is 1. The first-order valence-electron chi connectivity index (χ1n) is 6.47. The van der Waals surface area contributed by atoms with E-state index in [1.54, 1.807) is 0 Å². The molecule has 0 fully saturated rings. The minimum Gasteiger partial charge on any atom is -0.303 e. The minimum absolute atomic E-state index is 0.283. The van der Waals surface area contributed by atoms with E-state index in [1.165, 1.54) is 25.7 Å². The third-order valence-electron chi connectivity index (χ3n) is 2.97. The van der Waals surface area contributed by atoms with Crippen LogP contribution in [0.2, 0.25) is 0 Å². The summed E-state index contributed by atoms with van der Waals surface area (Å²) in [5.74, 6) is 3.63. The van der Waals surface area contributed by atoms with E-state index in [-0.39, 0.29) is 6.04 Å². The summed E-state index contributed by atoms with van der Waals surface area (Å²) in [6, 6.07) is 0.283. The van der Waals surface area contributed by atoms with Gasteiger partial charge in [-0.1, -0.05) is 52.4 Å². The molecule has 0 saturated carbocycles. The van der Waals surface area contributed by atoms with Gasteiger partial charge in [-0.25, -0.2) is 0 Å². The molecule has 0 saturated heterocycles. The lowest BCUT2D eigenvalue weighted by atomic mass is 9.99. The Labute approximate surface area is 96.0 Å². The van der Waals surface area contributed by atoms with Crippen molar-refractivity contribution < 1.29 is 0 Å². The van der Waals surface area contributed by atoms with Crippen LogP contribution in [0, 0.1) is 18.3 Å². The van der Waals surface area contributed by atoms with Crippen LogP contribution in [0.25, 0.3) is 0 Å². The molecule has 1 heteroatoms. The predicted molar refractivity (Wildman–Crippen MR) is 68.8 cm³/mol. The smallest absolute Gasteiger partial charge is 0.0686 e. The fourth-order valence-electron chi connectivity index (χ4n) is 1.79. The highest BCUT2D eigenvalue weighted by Crippen LogP contribution is 2.11. The van der Waals surface area contributed by atoms with Gasteiger partial charge >= 0.3 is 0 Å². The van der Waals surface area contributed by atoms with E-state index in [0.717, 1.165) is 25.3 Å². The zero-order chi connectivity index (χ0) is 11.5. The lowest BCUT2D eigenvalue weighted by Crippen LogP contribution is -2.32. The van der Waals surface area contributed by atoms with Crippen molar-refractivity contribution in [1.29, 1.82) is 0 Å². The lowest BCUT2D eigenvalue weighted by Gasteiger charge is -2.18. The van der Waals surface area contributed by atoms with Gasteiger partial charge in [-0.2, -0.15) is 0 Å². The predicted octanol–water partition coefficient (Wildman–Crippen LogP) is 3.59. The summed E-state index contributed by atoms with van der Waals surface area (Å²) in [6.45, 7) is 7.79. The molecule has 0 aromatic heterocycles. The number of nitrogens with one attached hydrogen (secondary N) is 1. The average molecular weight is 209 g/mol. The molecule has 0 heterocycles. The topological polar surface area (TPSA) is 12.0 Å². The van der Waals surface area contributed by atoms with Crippen LogP contribution in [0.15, 0.2) is 0 Å². The zero-order valence-electron chi connectivity index (χ0n) is 10.7. The summed E-state index contributed by atoms with van der Waals surface area (Å²) in [7, 11) is 0. The third kappa shape index (κ3) is 7.45. The molecule has 0 aliphatic heterocycles. The molecular formula is C14H27N. The molecule has 0 rings (SSSR count). The van der Waals surface area contributed by atoms with E-state index in [0.29, 0.717) is 0 Å². The molecular weight excluding hydrogens is 182 g/mol. The Morgan fingerprint density at radius 3 is 2.33 bits per heavy atom. The van der Waals surface area contributed by atoms with Gasteiger partial charge < -0.3 is 5.32 Å². The highest BCUT2D eigenvalue weighted by Gasteiger charge is 2.08. The van der Waals surface area contributed by atoms with Crippen molar-refractivity contribution in [2.75, 3.05) is 6.54 Å². The van der Waals surface area contributed by atoms with Crippen LogP contribution in [0.5, 0.6) is 0 Å². The molecule has 15 heavy (non-hydrogen) atoms. The first-order chi connectivity index (χ1) is 7.28. The van der Waals surface area contributed by atoms with Crippen molar-refractivity contribution in [3.8, 4) is 12.3 Å². The maximum Gasteiger partial charge on any atom is 0.0686 e. The molecule has 1 nitrogen and oxygen atoms in total. The van der Waals surface area contributed by atoms with Gasteiger partial charge in [0, 0.05) is 0 Å². The van der Waals surface area contributed by atoms with E-state index in [4.69, 9.17) is 6.42 Å². The van der Waals surface area contributed by atoms with Crippen molar-refractivity contribution in [1.82, 2.24) is 5.32 Å². The Bertz CT molecular complexity index is 169. The van der Waals surface area contributed by atoms with Gasteiger partial charge in [-0.3, -0.25) is 0 Å². The average Bonchev–Trinajstić information content (AvgIpc) is 2.27. The van der Waals surface area contributed by atoms with Crippen LogP contribution < -0.4 is 5.32 Å². The van der Waals surface area contributed by atoms with Gasteiger partial charge in [0.05, 0.1) is 6.04 Å². The summed E-state index contributed by atoms with van der Waals surface area (Å²) in [5.41, 5.74) is 0. The molecule has 0 aromatic rings. The van der Waals surface area contributed by atoms with Crippen LogP contribution in [0.1, 0.15) is 59.3 Å². The quantitative estimate of drug-likeness (QED) is 0.572. The van der Waals surface area contributed by atoms with E-state index >= 15 is 0 Å². The third-order valence-corrected chi connectivity index (χ3v) is 2.97. The summed E-state index contributed by atoms with van der Waals surface area (Å²) in [4.78, 5) is 0. The molecule has 1 N–H and O–H groups in total. The number of hydrogen-bond acceptors (Lipinski definition) is 1. The molecule has 0 bridgehead atoms. The maximum atomic E-state index is 5.47. The highest BCUT2D eigenvalue weighted by atomic mass is 14.9. The highest BCUT2D eigenvalue weighted by molar-refractivity contribution is 4.98. The second-order valence-electron chi connectivity index (χ2n) is 4.33. The first kappa shape index (κ1) is 14.5. The Balaban J connectivity index is 3.72. The Kier molecular flexibility index (Phi) is 9.73. The first-order valence-corrected chi connectivity index (χ1v) is 6.47. The van der Waals surface area contributed by atoms with Crippen LogP contribution in [-0.2, 0) is 0 Å². The van der Waals surface area contributed by atoms with Gasteiger partial charge in [-0.15, -0.1) is 6.42 Å². The van der Waals surface area contributed by atoms with E-state index in [9.17, 15) is 0 Å². The van der Waals surface area contributed by atoms with Crippen LogP contribution in [0.3, 0.4) is 0 Å². The molecule has 0 radical (unpaired) electrons. The van der Waals surface area contributed by atoms with Crippen molar-refractivity contribution in [2.45, 2.75) is 65.3 Å². The maximum absolute atomic E-state index is 5.47. The van der Waals surface area contributed by atoms with Gasteiger partial charge in [0.2, 0.25) is 0 Å². The van der Waals surface area contributed by atoms with E-state index < -0.39 is 0 Å². The van der Waals surface area contributed by atoms with Gasteiger partial charge in [-0.05, 0) is 25.3 Å². The van der Waals surface area contributed by atoms with Crippen LogP contribution >= 0.6 is 0 Å². The largest absolute Gasteiger partial charge is 0.303 e. The van der Waals surface area contributed by atoms with Crippen molar-refractivity contribution in [3.05, 3.63) is 0 Å². The molecule has 0 spiro atoms. The lowest BCUT2D eigenvalue weighted by molar-refractivity contribution is 0.401. The van der Waals surface area contributed by atoms with E-state index in [2.05, 4.69) is 32.0 Å². The molecule has 0 aliphatic rings. The Morgan fingerprint density at radius 1 is 1.13 bits per heavy atom. The number of unbranched alkanes of at least 4 members (excludes halogenated alkanes) is 1. The normalized spacial score (nSPS) is 14.5. The summed E-state index contributed by atoms with van der Waals surface area (Å²) in [6.07, 6.45) is 13.0. The fraction of sp³-hybridized carbons (Fsp3) is 0.857. The van der Waals surface area contributed by atoms with Gasteiger partial charge in [0.1, 0.15) is 0 Å². The minimum atomic E-state index is 0.283. The number of rotatable bonds is 9. The van der Waals surface area contributed by atoms with Gasteiger partial charge in [0.25, 0.3) is 0 Å². The standard InChI is InChI=1S/C14H27N/c1-5-9-11-13(7-3)12-15-14(8-4)10-6-2/h4,13-15H,5-7,9-12H2,1-3H3. The molecule has 0 amide bonds. The van der Waals surface area contributed by atoms with Crippen molar-refractivity contribution in [3.63, 3.8) is 0 Å². The number of terminal acetylenes is 1. The van der Waals surface area contributed by atoms with E-state index in [1.807, 2.05) is 0 Å². The second-order valence-corrected chi connectivity index (χ2v) is 4.33. The Hall–Kier alpha value is -0.480. The monoisotopic (exact) mass is 209 g/mol.